The molecule has 1 aliphatic carbocycles. The van der Waals surface area contributed by atoms with E-state index in [1.165, 1.54) is 12.2 Å². The van der Waals surface area contributed by atoms with Gasteiger partial charge < -0.3 is 0 Å². The van der Waals surface area contributed by atoms with Gasteiger partial charge in [-0.2, -0.15) is 0 Å². The van der Waals surface area contributed by atoms with Gasteiger partial charge in [-0.25, -0.2) is 13.6 Å². The lowest BCUT2D eigenvalue weighted by atomic mass is 10.1. The maximum Gasteiger partial charge on any atom is 0.262 e. The van der Waals surface area contributed by atoms with Crippen LogP contribution in [0.15, 0.2) is 23.9 Å². The SMILES string of the molecule is [C-]#[N+]C1=CC=CC(F)(F)C1. The number of hydrogen-bond acceptors (Lipinski definition) is 0. The third-order valence-corrected chi connectivity index (χ3v) is 1.19. The van der Waals surface area contributed by atoms with Gasteiger partial charge in [-0.05, 0) is 6.08 Å². The molecule has 1 rings (SSSR count). The molecule has 0 amide bonds. The van der Waals surface area contributed by atoms with Crippen LogP contribution in [0.5, 0.6) is 0 Å². The van der Waals surface area contributed by atoms with Crippen molar-refractivity contribution in [3.63, 3.8) is 0 Å². The molecule has 3 heteroatoms. The molecule has 0 aromatic heterocycles. The monoisotopic (exact) mass is 141 g/mol. The summed E-state index contributed by atoms with van der Waals surface area (Å²) < 4.78 is 24.7. The van der Waals surface area contributed by atoms with Crippen LogP contribution < -0.4 is 0 Å². The standard InChI is InChI=1S/C7H5F2N/c1-10-6-3-2-4-7(8,9)5-6/h2-4H,5H2. The highest BCUT2D eigenvalue weighted by molar-refractivity contribution is 5.26. The first kappa shape index (κ1) is 6.94. The first-order valence-electron chi connectivity index (χ1n) is 2.78. The first-order valence-corrected chi connectivity index (χ1v) is 2.78. The third kappa shape index (κ3) is 1.41. The molecule has 0 radical (unpaired) electrons. The number of allylic oxidation sites excluding steroid dienone is 4. The lowest BCUT2D eigenvalue weighted by Crippen LogP contribution is -2.14. The van der Waals surface area contributed by atoms with E-state index >= 15 is 0 Å². The van der Waals surface area contributed by atoms with Gasteiger partial charge in [-0.1, -0.05) is 12.2 Å². The van der Waals surface area contributed by atoms with Gasteiger partial charge in [0.05, 0.1) is 6.57 Å². The van der Waals surface area contributed by atoms with Crippen molar-refractivity contribution in [3.8, 4) is 0 Å². The van der Waals surface area contributed by atoms with E-state index in [4.69, 9.17) is 6.57 Å². The molecule has 0 aromatic carbocycles. The van der Waals surface area contributed by atoms with Gasteiger partial charge in [0.2, 0.25) is 0 Å². The van der Waals surface area contributed by atoms with Crippen LogP contribution in [0.2, 0.25) is 0 Å². The predicted octanol–water partition coefficient (Wildman–Crippen LogP) is 2.38. The van der Waals surface area contributed by atoms with Crippen LogP contribution in [0.1, 0.15) is 6.42 Å². The maximum absolute atomic E-state index is 12.4. The zero-order valence-electron chi connectivity index (χ0n) is 5.14. The van der Waals surface area contributed by atoms with E-state index in [1.807, 2.05) is 0 Å². The molecule has 0 saturated heterocycles. The van der Waals surface area contributed by atoms with E-state index in [-0.39, 0.29) is 5.70 Å². The Labute approximate surface area is 57.5 Å². The molecule has 0 spiro atoms. The fraction of sp³-hybridized carbons (Fsp3) is 0.286. The van der Waals surface area contributed by atoms with E-state index < -0.39 is 12.3 Å². The van der Waals surface area contributed by atoms with Gasteiger partial charge in [0.25, 0.3) is 5.92 Å². The molecule has 52 valence electrons. The van der Waals surface area contributed by atoms with Crippen LogP contribution in [0.25, 0.3) is 4.85 Å². The van der Waals surface area contributed by atoms with Crippen LogP contribution in [0, 0.1) is 6.57 Å². The average Bonchev–Trinajstić information content (AvgIpc) is 1.86. The van der Waals surface area contributed by atoms with Crippen molar-refractivity contribution in [1.29, 1.82) is 0 Å². The van der Waals surface area contributed by atoms with Crippen molar-refractivity contribution in [3.05, 3.63) is 35.3 Å². The summed E-state index contributed by atoms with van der Waals surface area (Å²) >= 11 is 0. The van der Waals surface area contributed by atoms with Gasteiger partial charge >= 0.3 is 0 Å². The van der Waals surface area contributed by atoms with Crippen molar-refractivity contribution < 1.29 is 8.78 Å². The van der Waals surface area contributed by atoms with Gasteiger partial charge in [-0.15, -0.1) is 0 Å². The molecular weight excluding hydrogens is 136 g/mol. The van der Waals surface area contributed by atoms with Crippen LogP contribution in [-0.2, 0) is 0 Å². The minimum absolute atomic E-state index is 0.118. The van der Waals surface area contributed by atoms with E-state index in [1.54, 1.807) is 0 Å². The van der Waals surface area contributed by atoms with Crippen molar-refractivity contribution in [2.75, 3.05) is 0 Å². The molecule has 0 saturated carbocycles. The fourth-order valence-corrected chi connectivity index (χ4v) is 0.736. The molecule has 0 heterocycles. The minimum Gasteiger partial charge on any atom is -0.242 e. The highest BCUT2D eigenvalue weighted by Crippen LogP contribution is 2.28. The summed E-state index contributed by atoms with van der Waals surface area (Å²) in [5.74, 6) is -2.81. The molecule has 10 heavy (non-hydrogen) atoms. The minimum atomic E-state index is -2.81. The van der Waals surface area contributed by atoms with Crippen LogP contribution in [0.4, 0.5) is 8.78 Å². The van der Waals surface area contributed by atoms with Crippen LogP contribution in [-0.4, -0.2) is 5.92 Å². The summed E-state index contributed by atoms with van der Waals surface area (Å²) in [7, 11) is 0. The number of nitrogens with zero attached hydrogens (tertiary/aromatic N) is 1. The Kier molecular flexibility index (Phi) is 1.54. The van der Waals surface area contributed by atoms with Crippen molar-refractivity contribution in [1.82, 2.24) is 0 Å². The van der Waals surface area contributed by atoms with Crippen molar-refractivity contribution in [2.24, 2.45) is 0 Å². The van der Waals surface area contributed by atoms with Gasteiger partial charge in [0.1, 0.15) is 0 Å². The van der Waals surface area contributed by atoms with Gasteiger partial charge in [0, 0.05) is 6.42 Å². The second-order valence-electron chi connectivity index (χ2n) is 2.07. The molecule has 0 N–H and O–H groups in total. The Morgan fingerprint density at radius 3 is 2.70 bits per heavy atom. The van der Waals surface area contributed by atoms with E-state index in [0.717, 1.165) is 6.08 Å². The number of alkyl halides is 2. The Morgan fingerprint density at radius 1 is 1.60 bits per heavy atom. The first-order chi connectivity index (χ1) is 4.64. The number of rotatable bonds is 0. The Morgan fingerprint density at radius 2 is 2.30 bits per heavy atom. The summed E-state index contributed by atoms with van der Waals surface area (Å²) in [6.45, 7) is 6.46. The molecule has 0 aromatic rings. The molecule has 0 bridgehead atoms. The average molecular weight is 141 g/mol. The summed E-state index contributed by atoms with van der Waals surface area (Å²) in [6.07, 6.45) is 2.98. The Balaban J connectivity index is 2.80. The smallest absolute Gasteiger partial charge is 0.242 e. The quantitative estimate of drug-likeness (QED) is 0.456. The van der Waals surface area contributed by atoms with E-state index in [0.29, 0.717) is 0 Å². The van der Waals surface area contributed by atoms with E-state index in [2.05, 4.69) is 4.85 Å². The largest absolute Gasteiger partial charge is 0.262 e. The number of hydrogen-bond donors (Lipinski definition) is 0. The molecule has 0 atom stereocenters. The third-order valence-electron chi connectivity index (χ3n) is 1.19. The van der Waals surface area contributed by atoms with Crippen LogP contribution in [0.3, 0.4) is 0 Å². The molecular formula is C7H5F2N. The zero-order chi connectivity index (χ0) is 7.61. The molecule has 0 fully saturated rings. The Hall–Kier alpha value is -1.17. The predicted molar refractivity (Wildman–Crippen MR) is 33.4 cm³/mol. The lowest BCUT2D eigenvalue weighted by Gasteiger charge is -2.12. The second-order valence-corrected chi connectivity index (χ2v) is 2.07. The van der Waals surface area contributed by atoms with Gasteiger partial charge in [0.15, 0.2) is 5.70 Å². The summed E-state index contributed by atoms with van der Waals surface area (Å²) in [4.78, 5) is 2.92. The second kappa shape index (κ2) is 2.22. The highest BCUT2D eigenvalue weighted by Gasteiger charge is 2.28. The number of halogens is 2. The lowest BCUT2D eigenvalue weighted by molar-refractivity contribution is 0.0552. The molecule has 1 nitrogen and oxygen atoms in total. The van der Waals surface area contributed by atoms with Crippen molar-refractivity contribution in [2.45, 2.75) is 12.3 Å². The molecule has 0 aliphatic heterocycles. The van der Waals surface area contributed by atoms with E-state index in [9.17, 15) is 8.78 Å². The summed E-state index contributed by atoms with van der Waals surface area (Å²) in [5.41, 5.74) is 0.118. The highest BCUT2D eigenvalue weighted by atomic mass is 19.3. The summed E-state index contributed by atoms with van der Waals surface area (Å²) in [5, 5.41) is 0. The van der Waals surface area contributed by atoms with Crippen LogP contribution >= 0.6 is 0 Å². The van der Waals surface area contributed by atoms with Gasteiger partial charge in [-0.3, -0.25) is 0 Å². The van der Waals surface area contributed by atoms with Crippen molar-refractivity contribution >= 4 is 0 Å². The fourth-order valence-electron chi connectivity index (χ4n) is 0.736. The summed E-state index contributed by atoms with van der Waals surface area (Å²) in [6, 6.07) is 0. The molecule has 0 unspecified atom stereocenters. The Bertz CT molecular complexity index is 232. The normalized spacial score (nSPS) is 21.5. The maximum atomic E-state index is 12.4. The zero-order valence-corrected chi connectivity index (χ0v) is 5.14. The molecule has 1 aliphatic rings. The topological polar surface area (TPSA) is 4.36 Å².